The van der Waals surface area contributed by atoms with Crippen LogP contribution in [-0.4, -0.2) is 53.3 Å². The number of carbonyl (C=O) groups is 5. The number of amides is 5. The number of nitrogens with zero attached hydrogens (tertiary/aromatic N) is 2. The summed E-state index contributed by atoms with van der Waals surface area (Å²) >= 11 is 0. The lowest BCUT2D eigenvalue weighted by molar-refractivity contribution is -0.170. The summed E-state index contributed by atoms with van der Waals surface area (Å²) in [6.45, 7) is 0.698. The maximum Gasteiger partial charge on any atom is 0.353 e. The summed E-state index contributed by atoms with van der Waals surface area (Å²) < 4.78 is 5.27. The zero-order chi connectivity index (χ0) is 22.3. The number of hydrogen-bond acceptors (Lipinski definition) is 7. The molecular weight excluding hydrogens is 406 g/mol. The zero-order valence-corrected chi connectivity index (χ0v) is 16.6. The maximum absolute atomic E-state index is 13.0. The van der Waals surface area contributed by atoms with Crippen LogP contribution in [0.5, 0.6) is 5.75 Å². The predicted octanol–water partition coefficient (Wildman–Crippen LogP) is 1.22. The SMILES string of the molecule is COc1ccccc1C1(C)NC(=O)N(CC(=O)ON2C(=O)c3ccccc3C2=O)C1=O. The summed E-state index contributed by atoms with van der Waals surface area (Å²) in [7, 11) is 1.43. The molecule has 0 radical (unpaired) electrons. The first-order valence-electron chi connectivity index (χ1n) is 9.24. The number of carbonyl (C=O) groups excluding carboxylic acids is 5. The highest BCUT2D eigenvalue weighted by molar-refractivity contribution is 6.21. The van der Waals surface area contributed by atoms with E-state index in [-0.39, 0.29) is 11.1 Å². The minimum atomic E-state index is -1.47. The van der Waals surface area contributed by atoms with Crippen LogP contribution in [0.2, 0.25) is 0 Å². The van der Waals surface area contributed by atoms with Crippen LogP contribution in [0, 0.1) is 0 Å². The Morgan fingerprint density at radius 3 is 2.16 bits per heavy atom. The lowest BCUT2D eigenvalue weighted by atomic mass is 9.91. The Morgan fingerprint density at radius 1 is 0.968 bits per heavy atom. The molecule has 2 aromatic carbocycles. The first-order valence-corrected chi connectivity index (χ1v) is 9.24. The fourth-order valence-corrected chi connectivity index (χ4v) is 3.59. The Balaban J connectivity index is 1.51. The van der Waals surface area contributed by atoms with Gasteiger partial charge >= 0.3 is 12.0 Å². The van der Waals surface area contributed by atoms with Gasteiger partial charge in [0.15, 0.2) is 0 Å². The van der Waals surface area contributed by atoms with Crippen molar-refractivity contribution in [3.63, 3.8) is 0 Å². The molecule has 0 aromatic heterocycles. The minimum Gasteiger partial charge on any atom is -0.496 e. The molecule has 0 spiro atoms. The van der Waals surface area contributed by atoms with Gasteiger partial charge in [0.2, 0.25) is 0 Å². The third-order valence-electron chi connectivity index (χ3n) is 5.16. The van der Waals surface area contributed by atoms with Gasteiger partial charge in [-0.25, -0.2) is 9.59 Å². The molecule has 0 saturated carbocycles. The van der Waals surface area contributed by atoms with Crippen LogP contribution in [0.15, 0.2) is 48.5 Å². The molecule has 1 saturated heterocycles. The van der Waals surface area contributed by atoms with Gasteiger partial charge in [-0.05, 0) is 25.1 Å². The van der Waals surface area contributed by atoms with Crippen molar-refractivity contribution >= 4 is 29.7 Å². The number of nitrogens with one attached hydrogen (secondary N) is 1. The van der Waals surface area contributed by atoms with E-state index < -0.39 is 41.8 Å². The fraction of sp³-hybridized carbons (Fsp3) is 0.190. The van der Waals surface area contributed by atoms with Crippen LogP contribution >= 0.6 is 0 Å². The number of urea groups is 1. The number of methoxy groups -OCH3 is 1. The molecule has 2 aromatic rings. The number of rotatable bonds is 5. The Kier molecular flexibility index (Phi) is 4.69. The summed E-state index contributed by atoms with van der Waals surface area (Å²) in [5, 5.41) is 2.88. The van der Waals surface area contributed by atoms with Crippen molar-refractivity contribution in [2.24, 2.45) is 0 Å². The standard InChI is InChI=1S/C21H17N3O7/c1-21(14-9-5-6-10-15(14)30-2)19(28)23(20(29)22-21)11-16(25)31-24-17(26)12-7-3-4-8-13(12)18(24)27/h3-10H,11H2,1-2H3,(H,22,29). The quantitative estimate of drug-likeness (QED) is 0.567. The molecule has 1 fully saturated rings. The van der Waals surface area contributed by atoms with E-state index in [0.717, 1.165) is 0 Å². The van der Waals surface area contributed by atoms with E-state index in [2.05, 4.69) is 5.32 Å². The molecule has 158 valence electrons. The molecule has 2 heterocycles. The smallest absolute Gasteiger partial charge is 0.353 e. The van der Waals surface area contributed by atoms with Crippen molar-refractivity contribution < 1.29 is 33.5 Å². The van der Waals surface area contributed by atoms with Crippen molar-refractivity contribution in [2.45, 2.75) is 12.5 Å². The summed E-state index contributed by atoms with van der Waals surface area (Å²) in [5.41, 5.74) is -0.871. The first kappa shape index (κ1) is 20.1. The van der Waals surface area contributed by atoms with Crippen molar-refractivity contribution in [2.75, 3.05) is 13.7 Å². The molecule has 31 heavy (non-hydrogen) atoms. The van der Waals surface area contributed by atoms with Gasteiger partial charge in [0.1, 0.15) is 17.8 Å². The van der Waals surface area contributed by atoms with Crippen molar-refractivity contribution in [1.29, 1.82) is 0 Å². The van der Waals surface area contributed by atoms with E-state index in [9.17, 15) is 24.0 Å². The van der Waals surface area contributed by atoms with Crippen molar-refractivity contribution in [3.05, 3.63) is 65.2 Å². The van der Waals surface area contributed by atoms with Gasteiger partial charge in [0, 0.05) is 5.56 Å². The summed E-state index contributed by atoms with van der Waals surface area (Å²) in [4.78, 5) is 68.1. The second-order valence-electron chi connectivity index (χ2n) is 7.06. The highest BCUT2D eigenvalue weighted by atomic mass is 16.7. The van der Waals surface area contributed by atoms with Gasteiger partial charge in [-0.1, -0.05) is 35.4 Å². The van der Waals surface area contributed by atoms with Crippen molar-refractivity contribution in [3.8, 4) is 5.75 Å². The van der Waals surface area contributed by atoms with E-state index >= 15 is 0 Å². The molecule has 5 amide bonds. The largest absolute Gasteiger partial charge is 0.496 e. The molecule has 10 heteroatoms. The van der Waals surface area contributed by atoms with Gasteiger partial charge in [-0.2, -0.15) is 0 Å². The second kappa shape index (κ2) is 7.24. The number of hydrogen-bond donors (Lipinski definition) is 1. The van der Waals surface area contributed by atoms with Crippen LogP contribution in [0.3, 0.4) is 0 Å². The van der Waals surface area contributed by atoms with Crippen LogP contribution in [0.1, 0.15) is 33.2 Å². The third kappa shape index (κ3) is 3.08. The Morgan fingerprint density at radius 2 is 1.55 bits per heavy atom. The van der Waals surface area contributed by atoms with Gasteiger partial charge in [-0.3, -0.25) is 19.3 Å². The average Bonchev–Trinajstić information content (AvgIpc) is 3.14. The molecule has 1 N–H and O–H groups in total. The highest BCUT2D eigenvalue weighted by Crippen LogP contribution is 2.34. The van der Waals surface area contributed by atoms with E-state index in [0.29, 0.717) is 21.3 Å². The maximum atomic E-state index is 13.0. The Labute approximate surface area is 176 Å². The molecule has 0 aliphatic carbocycles. The van der Waals surface area contributed by atoms with E-state index in [1.807, 2.05) is 0 Å². The Hall–Kier alpha value is -4.21. The van der Waals surface area contributed by atoms with Gasteiger partial charge in [0.25, 0.3) is 17.7 Å². The lowest BCUT2D eigenvalue weighted by Gasteiger charge is -2.24. The summed E-state index contributed by atoms with van der Waals surface area (Å²) in [6.07, 6.45) is 0. The molecule has 10 nitrogen and oxygen atoms in total. The van der Waals surface area contributed by atoms with Crippen LogP contribution in [-0.2, 0) is 20.0 Å². The first-order chi connectivity index (χ1) is 14.8. The van der Waals surface area contributed by atoms with Crippen LogP contribution < -0.4 is 10.1 Å². The van der Waals surface area contributed by atoms with Gasteiger partial charge in [0.05, 0.1) is 18.2 Å². The number of fused-ring (bicyclic) bond motifs is 1. The lowest BCUT2D eigenvalue weighted by Crippen LogP contribution is -2.43. The van der Waals surface area contributed by atoms with Gasteiger partial charge < -0.3 is 14.9 Å². The van der Waals surface area contributed by atoms with E-state index in [1.165, 1.54) is 26.2 Å². The van der Waals surface area contributed by atoms with Crippen LogP contribution in [0.25, 0.3) is 0 Å². The molecule has 1 unspecified atom stereocenters. The molecular formula is C21H17N3O7. The third-order valence-corrected chi connectivity index (χ3v) is 5.16. The normalized spacial score (nSPS) is 20.1. The molecule has 4 rings (SSSR count). The number of imide groups is 2. The Bertz CT molecular complexity index is 1110. The number of benzene rings is 2. The molecule has 2 aliphatic rings. The fourth-order valence-electron chi connectivity index (χ4n) is 3.59. The highest BCUT2D eigenvalue weighted by Gasteiger charge is 2.51. The van der Waals surface area contributed by atoms with E-state index in [4.69, 9.17) is 9.57 Å². The summed E-state index contributed by atoms with van der Waals surface area (Å²) in [6, 6.07) is 11.8. The number of para-hydroxylation sites is 1. The zero-order valence-electron chi connectivity index (χ0n) is 16.6. The monoisotopic (exact) mass is 423 g/mol. The average molecular weight is 423 g/mol. The topological polar surface area (TPSA) is 122 Å². The second-order valence-corrected chi connectivity index (χ2v) is 7.06. The molecule has 1 atom stereocenters. The van der Waals surface area contributed by atoms with E-state index in [1.54, 1.807) is 36.4 Å². The minimum absolute atomic E-state index is 0.0963. The molecule has 0 bridgehead atoms. The van der Waals surface area contributed by atoms with Gasteiger partial charge in [-0.15, -0.1) is 0 Å². The summed E-state index contributed by atoms with van der Waals surface area (Å²) in [5.74, 6) is -3.05. The van der Waals surface area contributed by atoms with Crippen LogP contribution in [0.4, 0.5) is 4.79 Å². The number of hydroxylamine groups is 2. The predicted molar refractivity (Wildman–Crippen MR) is 104 cm³/mol. The molecule has 2 aliphatic heterocycles. The number of ether oxygens (including phenoxy) is 1. The van der Waals surface area contributed by atoms with Crippen molar-refractivity contribution in [1.82, 2.24) is 15.3 Å².